The molecule has 0 aliphatic carbocycles. The van der Waals surface area contributed by atoms with Crippen LogP contribution >= 0.6 is 11.3 Å². The Morgan fingerprint density at radius 1 is 0.879 bits per heavy atom. The van der Waals surface area contributed by atoms with Crippen LogP contribution in [-0.4, -0.2) is 53.8 Å². The van der Waals surface area contributed by atoms with E-state index in [4.69, 9.17) is 4.74 Å². The molecule has 0 N–H and O–H groups in total. The van der Waals surface area contributed by atoms with E-state index >= 15 is 0 Å². The van der Waals surface area contributed by atoms with E-state index < -0.39 is 0 Å². The normalized spacial score (nSPS) is 23.4. The Hall–Kier alpha value is -2.25. The molecule has 6 heteroatoms. The van der Waals surface area contributed by atoms with Gasteiger partial charge >= 0.3 is 0 Å². The van der Waals surface area contributed by atoms with Gasteiger partial charge in [-0.05, 0) is 47.0 Å². The molecule has 33 heavy (non-hydrogen) atoms. The molecule has 2 bridgehead atoms. The average molecular weight is 462 g/mol. The Bertz CT molecular complexity index is 1170. The highest BCUT2D eigenvalue weighted by atomic mass is 32.1. The molecular weight excluding hydrogens is 430 g/mol. The minimum atomic E-state index is 0.184. The molecule has 5 heterocycles. The molecule has 2 aromatic heterocycles. The van der Waals surface area contributed by atoms with Crippen molar-refractivity contribution in [2.45, 2.75) is 32.0 Å². The van der Waals surface area contributed by atoms with Crippen LogP contribution in [0.2, 0.25) is 0 Å². The molecule has 1 aromatic carbocycles. The number of ether oxygens (including phenoxy) is 1. The second-order valence-electron chi connectivity index (χ2n) is 9.71. The first-order valence-corrected chi connectivity index (χ1v) is 13.0. The number of fused-ring (bicyclic) bond motifs is 4. The highest BCUT2D eigenvalue weighted by Gasteiger charge is 2.35. The van der Waals surface area contributed by atoms with Gasteiger partial charge in [0.1, 0.15) is 0 Å². The fourth-order valence-corrected chi connectivity index (χ4v) is 6.67. The molecule has 0 radical (unpaired) electrons. The van der Waals surface area contributed by atoms with Crippen molar-refractivity contribution in [2.75, 3.05) is 39.4 Å². The van der Waals surface area contributed by atoms with Gasteiger partial charge in [-0.1, -0.05) is 30.3 Å². The number of piperidine rings is 1. The lowest BCUT2D eigenvalue weighted by Gasteiger charge is -2.42. The monoisotopic (exact) mass is 461 g/mol. The lowest BCUT2D eigenvalue weighted by atomic mass is 9.82. The summed E-state index contributed by atoms with van der Waals surface area (Å²) in [5.41, 5.74) is 4.57. The third kappa shape index (κ3) is 4.33. The number of thiophene rings is 1. The van der Waals surface area contributed by atoms with Gasteiger partial charge in [0.2, 0.25) is 0 Å². The van der Waals surface area contributed by atoms with E-state index in [2.05, 4.69) is 68.3 Å². The molecule has 0 saturated carbocycles. The fraction of sp³-hybridized carbons (Fsp3) is 0.444. The van der Waals surface area contributed by atoms with E-state index in [1.165, 1.54) is 22.6 Å². The molecule has 3 aliphatic rings. The predicted octanol–water partition coefficient (Wildman–Crippen LogP) is 4.03. The van der Waals surface area contributed by atoms with Crippen molar-refractivity contribution in [3.05, 3.63) is 80.4 Å². The molecular formula is C27H31N3O2S. The molecule has 0 amide bonds. The highest BCUT2D eigenvalue weighted by Crippen LogP contribution is 2.37. The van der Waals surface area contributed by atoms with E-state index in [1.54, 1.807) is 0 Å². The van der Waals surface area contributed by atoms with Crippen LogP contribution in [0.5, 0.6) is 0 Å². The second-order valence-corrected chi connectivity index (χ2v) is 10.7. The number of aromatic nitrogens is 1. The zero-order chi connectivity index (χ0) is 22.2. The average Bonchev–Trinajstić information content (AvgIpc) is 3.34. The highest BCUT2D eigenvalue weighted by molar-refractivity contribution is 7.09. The Morgan fingerprint density at radius 3 is 2.61 bits per heavy atom. The van der Waals surface area contributed by atoms with Crippen LogP contribution in [0.25, 0.3) is 11.1 Å². The Kier molecular flexibility index (Phi) is 5.93. The molecule has 172 valence electrons. The summed E-state index contributed by atoms with van der Waals surface area (Å²) in [5, 5.41) is 2.16. The van der Waals surface area contributed by atoms with E-state index in [-0.39, 0.29) is 5.56 Å². The number of benzene rings is 1. The smallest absolute Gasteiger partial charge is 0.258 e. The maximum absolute atomic E-state index is 13.7. The summed E-state index contributed by atoms with van der Waals surface area (Å²) in [5.74, 6) is 0.996. The lowest BCUT2D eigenvalue weighted by Crippen LogP contribution is -2.46. The number of hydrogen-bond acceptors (Lipinski definition) is 5. The summed E-state index contributed by atoms with van der Waals surface area (Å²) in [6.07, 6.45) is 1.20. The van der Waals surface area contributed by atoms with Crippen LogP contribution in [0.1, 0.15) is 28.5 Å². The summed E-state index contributed by atoms with van der Waals surface area (Å²) >= 11 is 1.84. The first-order valence-electron chi connectivity index (χ1n) is 12.1. The molecule has 3 aliphatic heterocycles. The van der Waals surface area contributed by atoms with Gasteiger partial charge in [0.05, 0.1) is 13.2 Å². The van der Waals surface area contributed by atoms with Crippen LogP contribution in [0.3, 0.4) is 0 Å². The zero-order valence-electron chi connectivity index (χ0n) is 19.0. The van der Waals surface area contributed by atoms with Crippen molar-refractivity contribution in [3.8, 4) is 11.1 Å². The van der Waals surface area contributed by atoms with E-state index in [0.717, 1.165) is 70.2 Å². The SMILES string of the molecule is O=c1c(-c2ccccc2CN2CCOCC2)ccc2n1C[C@@H]1C[C@@H]2CN(Cc2cccs2)C1. The topological polar surface area (TPSA) is 37.7 Å². The first kappa shape index (κ1) is 21.3. The molecule has 6 rings (SSSR count). The Balaban J connectivity index is 1.28. The molecule has 2 fully saturated rings. The summed E-state index contributed by atoms with van der Waals surface area (Å²) in [6.45, 7) is 8.33. The van der Waals surface area contributed by atoms with E-state index in [0.29, 0.717) is 11.8 Å². The number of nitrogens with zero attached hydrogens (tertiary/aromatic N) is 3. The summed E-state index contributed by atoms with van der Waals surface area (Å²) < 4.78 is 7.61. The number of pyridine rings is 1. The van der Waals surface area contributed by atoms with Crippen LogP contribution in [0.4, 0.5) is 0 Å². The van der Waals surface area contributed by atoms with Crippen LogP contribution in [-0.2, 0) is 24.4 Å². The number of morpholine rings is 1. The van der Waals surface area contributed by atoms with Gasteiger partial charge < -0.3 is 9.30 Å². The molecule has 0 unspecified atom stereocenters. The third-order valence-corrected chi connectivity index (χ3v) is 8.31. The van der Waals surface area contributed by atoms with Gasteiger partial charge in [0, 0.05) is 67.9 Å². The summed E-state index contributed by atoms with van der Waals surface area (Å²) in [7, 11) is 0. The fourth-order valence-electron chi connectivity index (χ4n) is 5.92. The molecule has 0 spiro atoms. The van der Waals surface area contributed by atoms with Crippen molar-refractivity contribution < 1.29 is 4.74 Å². The largest absolute Gasteiger partial charge is 0.379 e. The molecule has 5 nitrogen and oxygen atoms in total. The number of hydrogen-bond donors (Lipinski definition) is 0. The maximum Gasteiger partial charge on any atom is 0.258 e. The molecule has 3 aromatic rings. The summed E-state index contributed by atoms with van der Waals surface area (Å²) in [4.78, 5) is 20.2. The predicted molar refractivity (Wildman–Crippen MR) is 133 cm³/mol. The van der Waals surface area contributed by atoms with Crippen molar-refractivity contribution in [1.29, 1.82) is 0 Å². The Morgan fingerprint density at radius 2 is 1.76 bits per heavy atom. The number of likely N-dealkylation sites (tertiary alicyclic amines) is 1. The molecule has 2 atom stereocenters. The zero-order valence-corrected chi connectivity index (χ0v) is 19.8. The van der Waals surface area contributed by atoms with Gasteiger partial charge in [0.15, 0.2) is 0 Å². The maximum atomic E-state index is 13.7. The van der Waals surface area contributed by atoms with Crippen molar-refractivity contribution in [1.82, 2.24) is 14.4 Å². The van der Waals surface area contributed by atoms with Crippen molar-refractivity contribution >= 4 is 11.3 Å². The van der Waals surface area contributed by atoms with E-state index in [9.17, 15) is 4.79 Å². The quantitative estimate of drug-likeness (QED) is 0.575. The minimum absolute atomic E-state index is 0.184. The Labute approximate surface area is 199 Å². The van der Waals surface area contributed by atoms with Gasteiger partial charge in [0.25, 0.3) is 5.56 Å². The van der Waals surface area contributed by atoms with Gasteiger partial charge in [-0.3, -0.25) is 14.6 Å². The van der Waals surface area contributed by atoms with Gasteiger partial charge in [-0.15, -0.1) is 11.3 Å². The van der Waals surface area contributed by atoms with Crippen molar-refractivity contribution in [3.63, 3.8) is 0 Å². The third-order valence-electron chi connectivity index (χ3n) is 7.44. The first-order chi connectivity index (χ1) is 16.2. The van der Waals surface area contributed by atoms with Gasteiger partial charge in [-0.25, -0.2) is 0 Å². The van der Waals surface area contributed by atoms with Crippen LogP contribution in [0, 0.1) is 5.92 Å². The van der Waals surface area contributed by atoms with Crippen LogP contribution < -0.4 is 5.56 Å². The van der Waals surface area contributed by atoms with Crippen LogP contribution in [0.15, 0.2) is 58.7 Å². The number of rotatable bonds is 5. The lowest BCUT2D eigenvalue weighted by molar-refractivity contribution is 0.0342. The van der Waals surface area contributed by atoms with Crippen molar-refractivity contribution in [2.24, 2.45) is 5.92 Å². The second kappa shape index (κ2) is 9.18. The summed E-state index contributed by atoms with van der Waals surface area (Å²) in [6, 6.07) is 17.1. The molecule has 2 saturated heterocycles. The standard InChI is InChI=1S/C27H31N3O2S/c31-27-25(24-6-2-1-4-21(24)17-28-9-11-32-12-10-28)7-8-26-22-14-20(16-30(26)27)15-29(18-22)19-23-5-3-13-33-23/h1-8,13,20,22H,9-12,14-19H2/t20-,22-/m1/s1. The van der Waals surface area contributed by atoms with Gasteiger partial charge in [-0.2, -0.15) is 0 Å². The minimum Gasteiger partial charge on any atom is -0.379 e. The van der Waals surface area contributed by atoms with E-state index in [1.807, 2.05) is 11.3 Å².